The van der Waals surface area contributed by atoms with Crippen LogP contribution in [0.25, 0.3) is 10.8 Å². The van der Waals surface area contributed by atoms with Crippen LogP contribution < -0.4 is 0 Å². The van der Waals surface area contributed by atoms with Crippen LogP contribution in [-0.4, -0.2) is 12.6 Å². The zero-order valence-electron chi connectivity index (χ0n) is 10.2. The lowest BCUT2D eigenvalue weighted by molar-refractivity contribution is -0.144. The van der Waals surface area contributed by atoms with Crippen LogP contribution in [0.2, 0.25) is 0 Å². The molecule has 0 saturated heterocycles. The van der Waals surface area contributed by atoms with E-state index in [9.17, 15) is 4.79 Å². The highest BCUT2D eigenvalue weighted by atomic mass is 16.5. The van der Waals surface area contributed by atoms with E-state index in [-0.39, 0.29) is 11.9 Å². The van der Waals surface area contributed by atoms with Gasteiger partial charge in [0.05, 0.1) is 12.5 Å². The van der Waals surface area contributed by atoms with E-state index in [1.165, 1.54) is 21.9 Å². The highest BCUT2D eigenvalue weighted by molar-refractivity contribution is 5.97. The number of rotatable bonds is 2. The molecule has 90 valence electrons. The van der Waals surface area contributed by atoms with Crippen LogP contribution in [-0.2, 0) is 9.53 Å². The summed E-state index contributed by atoms with van der Waals surface area (Å²) in [4.78, 5) is 11.9. The van der Waals surface area contributed by atoms with Crippen molar-refractivity contribution < 1.29 is 9.53 Å². The van der Waals surface area contributed by atoms with Crippen molar-refractivity contribution in [2.45, 2.75) is 18.8 Å². The molecule has 3 atom stereocenters. The summed E-state index contributed by atoms with van der Waals surface area (Å²) in [6.07, 6.45) is 0. The highest BCUT2D eigenvalue weighted by Gasteiger charge is 2.61. The van der Waals surface area contributed by atoms with Gasteiger partial charge in [0.1, 0.15) is 0 Å². The van der Waals surface area contributed by atoms with Gasteiger partial charge in [-0.15, -0.1) is 0 Å². The minimum absolute atomic E-state index is 0.0287. The topological polar surface area (TPSA) is 26.3 Å². The molecule has 2 nitrogen and oxygen atoms in total. The first-order valence-corrected chi connectivity index (χ1v) is 6.51. The van der Waals surface area contributed by atoms with Crippen molar-refractivity contribution >= 4 is 16.7 Å². The number of carbonyl (C=O) groups excluding carboxylic acids is 1. The second-order valence-corrected chi connectivity index (χ2v) is 5.12. The number of fused-ring (bicyclic) bond motifs is 3. The molecule has 18 heavy (non-hydrogen) atoms. The quantitative estimate of drug-likeness (QED) is 0.751. The largest absolute Gasteiger partial charge is 0.466 e. The van der Waals surface area contributed by atoms with E-state index in [4.69, 9.17) is 4.74 Å². The van der Waals surface area contributed by atoms with Gasteiger partial charge < -0.3 is 4.74 Å². The molecule has 2 aromatic carbocycles. The molecule has 0 N–H and O–H groups in total. The zero-order chi connectivity index (χ0) is 12.3. The Kier molecular flexibility index (Phi) is 1.88. The Hall–Kier alpha value is -1.83. The summed E-state index contributed by atoms with van der Waals surface area (Å²) in [5.41, 5.74) is 2.68. The molecule has 4 rings (SSSR count). The number of esters is 1. The summed E-state index contributed by atoms with van der Waals surface area (Å²) in [6, 6.07) is 12.8. The Balaban J connectivity index is 1.82. The summed E-state index contributed by atoms with van der Waals surface area (Å²) in [5, 5.41) is 2.66. The second kappa shape index (κ2) is 3.35. The Morgan fingerprint density at radius 1 is 1.11 bits per heavy atom. The van der Waals surface area contributed by atoms with E-state index in [2.05, 4.69) is 36.4 Å². The summed E-state index contributed by atoms with van der Waals surface area (Å²) in [7, 11) is 0. The van der Waals surface area contributed by atoms with Gasteiger partial charge >= 0.3 is 5.97 Å². The highest BCUT2D eigenvalue weighted by Crippen LogP contribution is 2.67. The average Bonchev–Trinajstić information content (AvgIpc) is 3.05. The maximum atomic E-state index is 11.9. The maximum absolute atomic E-state index is 11.9. The lowest BCUT2D eigenvalue weighted by Gasteiger charge is -2.08. The van der Waals surface area contributed by atoms with Gasteiger partial charge in [-0.25, -0.2) is 0 Å². The first-order valence-electron chi connectivity index (χ1n) is 6.51. The van der Waals surface area contributed by atoms with Gasteiger partial charge in [0, 0.05) is 11.8 Å². The third-order valence-electron chi connectivity index (χ3n) is 4.27. The molecule has 0 aliphatic heterocycles. The summed E-state index contributed by atoms with van der Waals surface area (Å²) < 4.78 is 5.17. The second-order valence-electron chi connectivity index (χ2n) is 5.12. The fraction of sp³-hybridized carbons (Fsp3) is 0.312. The van der Waals surface area contributed by atoms with Gasteiger partial charge in [0.25, 0.3) is 0 Å². The van der Waals surface area contributed by atoms with Gasteiger partial charge in [0.2, 0.25) is 0 Å². The minimum Gasteiger partial charge on any atom is -0.466 e. The lowest BCUT2D eigenvalue weighted by atomic mass is 9.98. The number of carbonyl (C=O) groups is 1. The molecule has 1 unspecified atom stereocenters. The molecule has 1 saturated carbocycles. The fourth-order valence-electron chi connectivity index (χ4n) is 3.57. The Morgan fingerprint density at radius 2 is 1.72 bits per heavy atom. The lowest BCUT2D eigenvalue weighted by Crippen LogP contribution is -2.09. The van der Waals surface area contributed by atoms with Gasteiger partial charge in [-0.2, -0.15) is 0 Å². The van der Waals surface area contributed by atoms with Crippen molar-refractivity contribution in [1.29, 1.82) is 0 Å². The fourth-order valence-corrected chi connectivity index (χ4v) is 3.57. The first-order chi connectivity index (χ1) is 8.83. The first kappa shape index (κ1) is 10.1. The summed E-state index contributed by atoms with van der Waals surface area (Å²) in [6.45, 7) is 2.34. The molecule has 0 aromatic heterocycles. The van der Waals surface area contributed by atoms with Crippen molar-refractivity contribution in [3.8, 4) is 0 Å². The summed E-state index contributed by atoms with van der Waals surface area (Å²) in [5.74, 6) is 0.764. The molecule has 2 aliphatic carbocycles. The molecule has 2 aromatic rings. The van der Waals surface area contributed by atoms with Crippen LogP contribution in [0, 0.1) is 5.92 Å². The van der Waals surface area contributed by atoms with Crippen LogP contribution in [0.1, 0.15) is 29.9 Å². The van der Waals surface area contributed by atoms with E-state index in [1.54, 1.807) is 0 Å². The smallest absolute Gasteiger partial charge is 0.310 e. The van der Waals surface area contributed by atoms with Gasteiger partial charge in [-0.1, -0.05) is 36.4 Å². The van der Waals surface area contributed by atoms with Crippen molar-refractivity contribution in [3.63, 3.8) is 0 Å². The normalized spacial score (nSPS) is 27.1. The van der Waals surface area contributed by atoms with E-state index < -0.39 is 0 Å². The average molecular weight is 238 g/mol. The number of hydrogen-bond acceptors (Lipinski definition) is 2. The van der Waals surface area contributed by atoms with Crippen LogP contribution in [0.4, 0.5) is 0 Å². The van der Waals surface area contributed by atoms with E-state index >= 15 is 0 Å². The molecule has 0 radical (unpaired) electrons. The number of benzene rings is 2. The summed E-state index contributed by atoms with van der Waals surface area (Å²) >= 11 is 0. The molecule has 1 fully saturated rings. The SMILES string of the molecule is CCOC(=O)C1[C@H]2c3cccc4cccc(c34)[C@@H]12. The molecular formula is C16H14O2. The van der Waals surface area contributed by atoms with E-state index in [0.29, 0.717) is 18.4 Å². The monoisotopic (exact) mass is 238 g/mol. The minimum atomic E-state index is -0.0287. The predicted octanol–water partition coefficient (Wildman–Crippen LogP) is 3.21. The van der Waals surface area contributed by atoms with Crippen molar-refractivity contribution in [1.82, 2.24) is 0 Å². The molecule has 0 heterocycles. The molecule has 0 bridgehead atoms. The maximum Gasteiger partial charge on any atom is 0.310 e. The van der Waals surface area contributed by atoms with Crippen molar-refractivity contribution in [2.24, 2.45) is 5.92 Å². The van der Waals surface area contributed by atoms with Gasteiger partial charge in [-0.05, 0) is 28.8 Å². The Labute approximate surface area is 106 Å². The van der Waals surface area contributed by atoms with Crippen molar-refractivity contribution in [3.05, 3.63) is 47.5 Å². The van der Waals surface area contributed by atoms with Crippen LogP contribution >= 0.6 is 0 Å². The Morgan fingerprint density at radius 3 is 2.28 bits per heavy atom. The number of hydrogen-bond donors (Lipinski definition) is 0. The van der Waals surface area contributed by atoms with E-state index in [1.807, 2.05) is 6.92 Å². The third kappa shape index (κ3) is 1.10. The molecule has 0 spiro atoms. The third-order valence-corrected chi connectivity index (χ3v) is 4.27. The van der Waals surface area contributed by atoms with Gasteiger partial charge in [0.15, 0.2) is 0 Å². The van der Waals surface area contributed by atoms with Crippen LogP contribution in [0.5, 0.6) is 0 Å². The molecule has 2 heteroatoms. The molecule has 0 amide bonds. The predicted molar refractivity (Wildman–Crippen MR) is 69.6 cm³/mol. The molecule has 2 aliphatic rings. The van der Waals surface area contributed by atoms with Crippen LogP contribution in [0.3, 0.4) is 0 Å². The van der Waals surface area contributed by atoms with Crippen molar-refractivity contribution in [2.75, 3.05) is 6.61 Å². The van der Waals surface area contributed by atoms with E-state index in [0.717, 1.165) is 0 Å². The van der Waals surface area contributed by atoms with Crippen LogP contribution in [0.15, 0.2) is 36.4 Å². The standard InChI is InChI=1S/C16H14O2/c1-2-18-16(17)15-13-10-7-3-5-9-6-4-8-11(12(9)10)14(13)15/h3-8,13-15H,2H2,1H3/t13-,14+,15?. The zero-order valence-corrected chi connectivity index (χ0v) is 10.2. The molecular weight excluding hydrogens is 224 g/mol. The Bertz CT molecular complexity index is 614. The number of ether oxygens (including phenoxy) is 1. The van der Waals surface area contributed by atoms with Gasteiger partial charge in [-0.3, -0.25) is 4.79 Å².